The zero-order valence-corrected chi connectivity index (χ0v) is 10.6. The summed E-state index contributed by atoms with van der Waals surface area (Å²) in [6, 6.07) is 8.14. The van der Waals surface area contributed by atoms with E-state index in [0.29, 0.717) is 13.0 Å². The molecule has 0 bridgehead atoms. The summed E-state index contributed by atoms with van der Waals surface area (Å²) in [4.78, 5) is 11.2. The Morgan fingerprint density at radius 2 is 2.25 bits per heavy atom. The van der Waals surface area contributed by atoms with Crippen LogP contribution in [0.2, 0.25) is 0 Å². The summed E-state index contributed by atoms with van der Waals surface area (Å²) in [7, 11) is 1.66. The zero-order valence-electron chi connectivity index (χ0n) is 9.03. The van der Waals surface area contributed by atoms with Gasteiger partial charge in [-0.25, -0.2) is 0 Å². The lowest BCUT2D eigenvalue weighted by atomic mass is 10.2. The Morgan fingerprint density at radius 3 is 3.00 bits per heavy atom. The Labute approximate surface area is 103 Å². The molecule has 0 aliphatic rings. The maximum atomic E-state index is 11.2. The highest BCUT2D eigenvalue weighted by Crippen LogP contribution is 2.24. The molecule has 0 aliphatic heterocycles. The van der Waals surface area contributed by atoms with Crippen LogP contribution in [-0.2, 0) is 11.3 Å². The van der Waals surface area contributed by atoms with Crippen molar-refractivity contribution >= 4 is 32.7 Å². The molecule has 0 saturated heterocycles. The van der Waals surface area contributed by atoms with E-state index in [1.165, 1.54) is 5.39 Å². The Bertz CT molecular complexity index is 519. The summed E-state index contributed by atoms with van der Waals surface area (Å²) < 4.78 is 3.18. The molecule has 84 valence electrons. The van der Waals surface area contributed by atoms with E-state index in [0.717, 1.165) is 9.99 Å². The van der Waals surface area contributed by atoms with Crippen molar-refractivity contribution in [3.63, 3.8) is 0 Å². The second-order valence-electron chi connectivity index (χ2n) is 3.60. The Balaban J connectivity index is 2.25. The van der Waals surface area contributed by atoms with Crippen LogP contribution in [0.25, 0.3) is 10.9 Å². The van der Waals surface area contributed by atoms with E-state index >= 15 is 0 Å². The number of hydrogen-bond donors (Lipinski definition) is 1. The molecule has 2 aromatic rings. The van der Waals surface area contributed by atoms with Gasteiger partial charge in [-0.2, -0.15) is 0 Å². The van der Waals surface area contributed by atoms with E-state index < -0.39 is 0 Å². The first-order valence-corrected chi connectivity index (χ1v) is 5.95. The number of rotatable bonds is 3. The van der Waals surface area contributed by atoms with Crippen LogP contribution in [-0.4, -0.2) is 17.5 Å². The number of hydrogen-bond acceptors (Lipinski definition) is 1. The molecule has 3 nitrogen and oxygen atoms in total. The third-order valence-corrected chi connectivity index (χ3v) is 3.31. The second kappa shape index (κ2) is 4.70. The van der Waals surface area contributed by atoms with Crippen molar-refractivity contribution in [2.45, 2.75) is 13.0 Å². The summed E-state index contributed by atoms with van der Waals surface area (Å²) in [5.74, 6) is 0.0665. The number of benzene rings is 1. The third kappa shape index (κ3) is 2.11. The van der Waals surface area contributed by atoms with Crippen LogP contribution < -0.4 is 5.32 Å². The van der Waals surface area contributed by atoms with E-state index in [1.807, 2.05) is 18.3 Å². The van der Waals surface area contributed by atoms with Gasteiger partial charge in [0.1, 0.15) is 0 Å². The summed E-state index contributed by atoms with van der Waals surface area (Å²) in [6.07, 6.45) is 2.52. The van der Waals surface area contributed by atoms with Gasteiger partial charge in [0.2, 0.25) is 5.91 Å². The van der Waals surface area contributed by atoms with E-state index in [1.54, 1.807) is 7.05 Å². The summed E-state index contributed by atoms with van der Waals surface area (Å²) in [6.45, 7) is 0.708. The first-order chi connectivity index (χ1) is 7.72. The Kier molecular flexibility index (Phi) is 3.29. The maximum Gasteiger partial charge on any atom is 0.221 e. The number of halogens is 1. The minimum Gasteiger partial charge on any atom is -0.359 e. The number of amides is 1. The molecular weight excluding hydrogens is 268 g/mol. The molecule has 0 unspecified atom stereocenters. The van der Waals surface area contributed by atoms with Gasteiger partial charge in [-0.05, 0) is 18.2 Å². The van der Waals surface area contributed by atoms with Crippen LogP contribution in [0.15, 0.2) is 34.9 Å². The number of fused-ring (bicyclic) bond motifs is 1. The van der Waals surface area contributed by atoms with E-state index in [2.05, 4.69) is 37.9 Å². The van der Waals surface area contributed by atoms with Crippen LogP contribution >= 0.6 is 15.9 Å². The second-order valence-corrected chi connectivity index (χ2v) is 4.46. The lowest BCUT2D eigenvalue weighted by Gasteiger charge is -2.04. The van der Waals surface area contributed by atoms with Gasteiger partial charge in [-0.3, -0.25) is 4.79 Å². The molecule has 0 aliphatic carbocycles. The molecule has 0 radical (unpaired) electrons. The fourth-order valence-corrected chi connectivity index (χ4v) is 2.22. The molecule has 0 fully saturated rings. The number of carbonyl (C=O) groups is 1. The van der Waals surface area contributed by atoms with Crippen LogP contribution in [0.4, 0.5) is 0 Å². The maximum absolute atomic E-state index is 11.2. The molecule has 1 aromatic carbocycles. The smallest absolute Gasteiger partial charge is 0.221 e. The normalized spacial score (nSPS) is 10.6. The number of carbonyl (C=O) groups excluding carboxylic acids is 1. The average molecular weight is 281 g/mol. The first-order valence-electron chi connectivity index (χ1n) is 5.16. The zero-order chi connectivity index (χ0) is 11.5. The molecule has 1 amide bonds. The van der Waals surface area contributed by atoms with Crippen molar-refractivity contribution in [1.29, 1.82) is 0 Å². The van der Waals surface area contributed by atoms with Gasteiger partial charge in [0.15, 0.2) is 0 Å². The minimum absolute atomic E-state index is 0.0665. The SMILES string of the molecule is CNC(=O)CCn1ccc2c(Br)cccc21. The summed E-state index contributed by atoms with van der Waals surface area (Å²) >= 11 is 3.51. The van der Waals surface area contributed by atoms with Crippen LogP contribution in [0.3, 0.4) is 0 Å². The fraction of sp³-hybridized carbons (Fsp3) is 0.250. The molecule has 0 spiro atoms. The molecular formula is C12H13BrN2O. The number of aryl methyl sites for hydroxylation is 1. The number of aromatic nitrogens is 1. The lowest BCUT2D eigenvalue weighted by Crippen LogP contribution is -2.19. The highest BCUT2D eigenvalue weighted by atomic mass is 79.9. The highest BCUT2D eigenvalue weighted by molar-refractivity contribution is 9.10. The monoisotopic (exact) mass is 280 g/mol. The molecule has 0 atom stereocenters. The first kappa shape index (κ1) is 11.2. The molecule has 16 heavy (non-hydrogen) atoms. The van der Waals surface area contributed by atoms with Crippen LogP contribution in [0, 0.1) is 0 Å². The average Bonchev–Trinajstić information content (AvgIpc) is 2.70. The predicted octanol–water partition coefficient (Wildman–Crippen LogP) is 2.54. The van der Waals surface area contributed by atoms with Crippen LogP contribution in [0.5, 0.6) is 0 Å². The number of nitrogens with one attached hydrogen (secondary N) is 1. The van der Waals surface area contributed by atoms with Crippen molar-refractivity contribution in [1.82, 2.24) is 9.88 Å². The topological polar surface area (TPSA) is 34.0 Å². The van der Waals surface area contributed by atoms with Crippen molar-refractivity contribution in [3.8, 4) is 0 Å². The van der Waals surface area contributed by atoms with Gasteiger partial charge in [-0.1, -0.05) is 22.0 Å². The largest absolute Gasteiger partial charge is 0.359 e. The van der Waals surface area contributed by atoms with E-state index in [-0.39, 0.29) is 5.91 Å². The van der Waals surface area contributed by atoms with E-state index in [9.17, 15) is 4.79 Å². The van der Waals surface area contributed by atoms with Gasteiger partial charge in [0, 0.05) is 41.6 Å². The number of nitrogens with zero attached hydrogens (tertiary/aromatic N) is 1. The Hall–Kier alpha value is -1.29. The van der Waals surface area contributed by atoms with E-state index in [4.69, 9.17) is 0 Å². The fourth-order valence-electron chi connectivity index (χ4n) is 1.73. The van der Waals surface area contributed by atoms with Crippen molar-refractivity contribution in [3.05, 3.63) is 34.9 Å². The van der Waals surface area contributed by atoms with Gasteiger partial charge >= 0.3 is 0 Å². The van der Waals surface area contributed by atoms with Gasteiger partial charge < -0.3 is 9.88 Å². The molecule has 1 aromatic heterocycles. The van der Waals surface area contributed by atoms with Crippen molar-refractivity contribution in [2.75, 3.05) is 7.05 Å². The van der Waals surface area contributed by atoms with Crippen LogP contribution in [0.1, 0.15) is 6.42 Å². The Morgan fingerprint density at radius 1 is 1.44 bits per heavy atom. The molecule has 0 saturated carbocycles. The molecule has 2 rings (SSSR count). The molecule has 1 heterocycles. The minimum atomic E-state index is 0.0665. The van der Waals surface area contributed by atoms with Crippen molar-refractivity contribution < 1.29 is 4.79 Å². The van der Waals surface area contributed by atoms with Gasteiger partial charge in [0.25, 0.3) is 0 Å². The predicted molar refractivity (Wildman–Crippen MR) is 68.3 cm³/mol. The quantitative estimate of drug-likeness (QED) is 0.921. The third-order valence-electron chi connectivity index (χ3n) is 2.62. The van der Waals surface area contributed by atoms with Gasteiger partial charge in [0.05, 0.1) is 0 Å². The molecule has 4 heteroatoms. The summed E-state index contributed by atoms with van der Waals surface area (Å²) in [5.41, 5.74) is 1.15. The summed E-state index contributed by atoms with van der Waals surface area (Å²) in [5, 5.41) is 3.81. The standard InChI is InChI=1S/C12H13BrN2O/c1-14-12(16)6-8-15-7-5-9-10(13)3-2-4-11(9)15/h2-5,7H,6,8H2,1H3,(H,14,16). The lowest BCUT2D eigenvalue weighted by molar-refractivity contribution is -0.120. The van der Waals surface area contributed by atoms with Gasteiger partial charge in [-0.15, -0.1) is 0 Å². The highest BCUT2D eigenvalue weighted by Gasteiger charge is 2.04. The molecule has 1 N–H and O–H groups in total. The van der Waals surface area contributed by atoms with Crippen molar-refractivity contribution in [2.24, 2.45) is 0 Å².